The van der Waals surface area contributed by atoms with Crippen LogP contribution in [0.2, 0.25) is 0 Å². The predicted molar refractivity (Wildman–Crippen MR) is 145 cm³/mol. The fourth-order valence-electron chi connectivity index (χ4n) is 6.29. The average Bonchev–Trinajstić information content (AvgIpc) is 3.54. The van der Waals surface area contributed by atoms with Crippen molar-refractivity contribution in [1.82, 2.24) is 29.9 Å². The lowest BCUT2D eigenvalue weighted by molar-refractivity contribution is 0.181. The molecule has 1 fully saturated rings. The van der Waals surface area contributed by atoms with E-state index >= 15 is 0 Å². The van der Waals surface area contributed by atoms with E-state index < -0.39 is 0 Å². The molecule has 0 spiro atoms. The Balaban J connectivity index is 1.13. The molecule has 0 amide bonds. The van der Waals surface area contributed by atoms with Crippen LogP contribution in [0.1, 0.15) is 54.4 Å². The number of aromatic nitrogens is 5. The van der Waals surface area contributed by atoms with Gasteiger partial charge in [0.25, 0.3) is 0 Å². The number of rotatable bonds is 4. The average molecular weight is 493 g/mol. The normalized spacial score (nSPS) is 17.6. The van der Waals surface area contributed by atoms with E-state index in [0.717, 1.165) is 49.7 Å². The van der Waals surface area contributed by atoms with Crippen LogP contribution < -0.4 is 11.1 Å². The Morgan fingerprint density at radius 1 is 0.838 bits per heavy atom. The Labute approximate surface area is 216 Å². The van der Waals surface area contributed by atoms with Crippen LogP contribution >= 0.6 is 0 Å². The quantitative estimate of drug-likeness (QED) is 0.421. The fourth-order valence-corrected chi connectivity index (χ4v) is 6.29. The second-order valence-electron chi connectivity index (χ2n) is 10.6. The van der Waals surface area contributed by atoms with Gasteiger partial charge in [-0.3, -0.25) is 4.90 Å². The summed E-state index contributed by atoms with van der Waals surface area (Å²) < 4.78 is 1.58. The third-order valence-corrected chi connectivity index (χ3v) is 8.22. The molecule has 0 bridgehead atoms. The molecule has 4 aromatic rings. The summed E-state index contributed by atoms with van der Waals surface area (Å²) >= 11 is 0. The van der Waals surface area contributed by atoms with E-state index in [1.165, 1.54) is 60.0 Å². The molecule has 0 unspecified atom stereocenters. The van der Waals surface area contributed by atoms with Gasteiger partial charge in [-0.1, -0.05) is 43.2 Å². The van der Waals surface area contributed by atoms with Gasteiger partial charge in [-0.05, 0) is 79.0 Å². The highest BCUT2D eigenvalue weighted by Gasteiger charge is 2.26. The van der Waals surface area contributed by atoms with E-state index in [1.54, 1.807) is 4.68 Å². The molecule has 0 radical (unpaired) electrons. The van der Waals surface area contributed by atoms with Gasteiger partial charge in [-0.15, -0.1) is 15.3 Å². The number of hydrogen-bond acceptors (Lipinski definition) is 7. The van der Waals surface area contributed by atoms with Crippen molar-refractivity contribution in [2.45, 2.75) is 64.0 Å². The summed E-state index contributed by atoms with van der Waals surface area (Å²) in [4.78, 5) is 7.15. The lowest BCUT2D eigenvalue weighted by Crippen LogP contribution is -2.37. The Bertz CT molecular complexity index is 1450. The van der Waals surface area contributed by atoms with Crippen molar-refractivity contribution in [2.75, 3.05) is 17.6 Å². The van der Waals surface area contributed by atoms with Gasteiger partial charge in [-0.2, -0.15) is 9.67 Å². The van der Waals surface area contributed by atoms with Gasteiger partial charge in [0, 0.05) is 30.4 Å². The van der Waals surface area contributed by atoms with Crippen molar-refractivity contribution in [3.05, 3.63) is 70.8 Å². The molecular weight excluding hydrogens is 460 g/mol. The first-order chi connectivity index (χ1) is 18.2. The smallest absolute Gasteiger partial charge is 0.248 e. The van der Waals surface area contributed by atoms with Gasteiger partial charge in [0.05, 0.1) is 5.69 Å². The second kappa shape index (κ2) is 9.27. The van der Waals surface area contributed by atoms with Crippen LogP contribution in [0.25, 0.3) is 17.1 Å². The number of anilines is 3. The molecule has 3 N–H and O–H groups in total. The molecule has 8 heteroatoms. The fraction of sp³-hybridized carbons (Fsp3) is 0.379. The first-order valence-corrected chi connectivity index (χ1v) is 13.5. The highest BCUT2D eigenvalue weighted by atomic mass is 15.4. The molecule has 2 aromatic carbocycles. The SMILES string of the molecule is Nc1nc(Nc2ccc3c(c2)CN(C2CCCC2)CC3)nn1-c1cc2c(nn1)-c1ccccc1CCC2. The molecule has 2 aliphatic carbocycles. The van der Waals surface area contributed by atoms with E-state index in [9.17, 15) is 0 Å². The largest absolute Gasteiger partial charge is 0.368 e. The number of benzene rings is 2. The van der Waals surface area contributed by atoms with Crippen molar-refractivity contribution in [2.24, 2.45) is 0 Å². The number of aryl methyl sites for hydroxylation is 2. The van der Waals surface area contributed by atoms with Crippen LogP contribution in [0.4, 0.5) is 17.6 Å². The number of fused-ring (bicyclic) bond motifs is 4. The van der Waals surface area contributed by atoms with E-state index in [-0.39, 0.29) is 5.95 Å². The lowest BCUT2D eigenvalue weighted by atomic mass is 9.97. The van der Waals surface area contributed by atoms with Crippen LogP contribution in [-0.2, 0) is 25.8 Å². The van der Waals surface area contributed by atoms with Crippen LogP contribution in [-0.4, -0.2) is 42.4 Å². The maximum Gasteiger partial charge on any atom is 0.248 e. The summed E-state index contributed by atoms with van der Waals surface area (Å²) in [6.45, 7) is 2.19. The van der Waals surface area contributed by atoms with Gasteiger partial charge < -0.3 is 11.1 Å². The molecule has 0 atom stereocenters. The third kappa shape index (κ3) is 4.25. The Hall–Kier alpha value is -3.78. The molecular formula is C29H32N8. The van der Waals surface area contributed by atoms with Crippen LogP contribution in [0, 0.1) is 0 Å². The first kappa shape index (κ1) is 22.4. The predicted octanol–water partition coefficient (Wildman–Crippen LogP) is 4.84. The lowest BCUT2D eigenvalue weighted by Gasteiger charge is -2.33. The third-order valence-electron chi connectivity index (χ3n) is 8.22. The monoisotopic (exact) mass is 492 g/mol. The van der Waals surface area contributed by atoms with Gasteiger partial charge in [-0.25, -0.2) is 0 Å². The molecule has 8 nitrogen and oxygen atoms in total. The van der Waals surface area contributed by atoms with Crippen molar-refractivity contribution < 1.29 is 0 Å². The Morgan fingerprint density at radius 3 is 2.62 bits per heavy atom. The summed E-state index contributed by atoms with van der Waals surface area (Å²) in [6.07, 6.45) is 9.59. The molecule has 0 saturated heterocycles. The number of hydrogen-bond donors (Lipinski definition) is 2. The number of nitrogens with two attached hydrogens (primary N) is 1. The van der Waals surface area contributed by atoms with Gasteiger partial charge in [0.1, 0.15) is 0 Å². The number of nitrogens with zero attached hydrogens (tertiary/aromatic N) is 6. The van der Waals surface area contributed by atoms with Crippen LogP contribution in [0.5, 0.6) is 0 Å². The number of nitrogen functional groups attached to an aromatic ring is 1. The zero-order chi connectivity index (χ0) is 24.8. The van der Waals surface area contributed by atoms with Crippen LogP contribution in [0.3, 0.4) is 0 Å². The second-order valence-corrected chi connectivity index (χ2v) is 10.6. The van der Waals surface area contributed by atoms with E-state index in [0.29, 0.717) is 11.8 Å². The van der Waals surface area contributed by atoms with E-state index in [2.05, 4.69) is 79.0 Å². The summed E-state index contributed by atoms with van der Waals surface area (Å²) in [5.74, 6) is 1.34. The topological polar surface area (TPSA) is 97.8 Å². The van der Waals surface area contributed by atoms with Crippen molar-refractivity contribution in [1.29, 1.82) is 0 Å². The Morgan fingerprint density at radius 2 is 1.70 bits per heavy atom. The van der Waals surface area contributed by atoms with Crippen molar-refractivity contribution in [3.8, 4) is 17.1 Å². The molecule has 1 aliphatic heterocycles. The van der Waals surface area contributed by atoms with Gasteiger partial charge >= 0.3 is 0 Å². The minimum Gasteiger partial charge on any atom is -0.368 e. The molecule has 188 valence electrons. The molecule has 37 heavy (non-hydrogen) atoms. The molecule has 7 rings (SSSR count). The minimum atomic E-state index is 0.288. The highest BCUT2D eigenvalue weighted by Crippen LogP contribution is 2.32. The number of nitrogens with one attached hydrogen (secondary N) is 1. The van der Waals surface area contributed by atoms with Gasteiger partial charge in [0.15, 0.2) is 5.82 Å². The molecule has 3 heterocycles. The molecule has 1 saturated carbocycles. The highest BCUT2D eigenvalue weighted by molar-refractivity contribution is 5.68. The summed E-state index contributed by atoms with van der Waals surface area (Å²) in [7, 11) is 0. The van der Waals surface area contributed by atoms with Gasteiger partial charge in [0.2, 0.25) is 11.9 Å². The maximum atomic E-state index is 6.28. The zero-order valence-electron chi connectivity index (χ0n) is 21.0. The standard InChI is InChI=1S/C29H32N8/c30-28-32-29(31-23-13-12-19-14-15-36(18-22(19)16-23)24-9-2-3-10-24)35-37(28)26-17-21-8-5-7-20-6-1-4-11-25(20)27(21)34-33-26/h1,4,6,11-13,16-17,24H,2-3,5,7-10,14-15,18H2,(H3,30,31,32,35). The Kier molecular flexibility index (Phi) is 5.61. The van der Waals surface area contributed by atoms with E-state index in [4.69, 9.17) is 5.73 Å². The summed E-state index contributed by atoms with van der Waals surface area (Å²) in [5, 5.41) is 17.1. The van der Waals surface area contributed by atoms with Crippen molar-refractivity contribution in [3.63, 3.8) is 0 Å². The van der Waals surface area contributed by atoms with Crippen LogP contribution in [0.15, 0.2) is 48.5 Å². The minimum absolute atomic E-state index is 0.288. The van der Waals surface area contributed by atoms with Crippen molar-refractivity contribution >= 4 is 17.6 Å². The van der Waals surface area contributed by atoms with E-state index in [1.807, 2.05) is 0 Å². The summed E-state index contributed by atoms with van der Waals surface area (Å²) in [6, 6.07) is 17.8. The maximum absolute atomic E-state index is 6.28. The molecule has 3 aliphatic rings. The zero-order valence-corrected chi connectivity index (χ0v) is 21.0. The summed E-state index contributed by atoms with van der Waals surface area (Å²) in [5.41, 5.74) is 14.7. The molecule has 2 aromatic heterocycles. The first-order valence-electron chi connectivity index (χ1n) is 13.5.